The lowest BCUT2D eigenvalue weighted by Crippen LogP contribution is -2.65. The Labute approximate surface area is 56.6 Å². The van der Waals surface area contributed by atoms with Crippen LogP contribution in [0.2, 0.25) is 0 Å². The molecule has 2 bridgehead atoms. The Morgan fingerprint density at radius 2 is 1.44 bits per heavy atom. The zero-order valence-corrected chi connectivity index (χ0v) is 6.14. The van der Waals surface area contributed by atoms with E-state index < -0.39 is 0 Å². The molecule has 0 aliphatic carbocycles. The lowest BCUT2D eigenvalue weighted by molar-refractivity contribution is -0.922. The molecule has 0 amide bonds. The number of nitrogens with zero attached hydrogens (tertiary/aromatic N) is 2. The first kappa shape index (κ1) is 5.69. The Balaban J connectivity index is 2.11. The second-order valence-corrected chi connectivity index (χ2v) is 3.63. The molecule has 0 atom stereocenters. The third-order valence-electron chi connectivity index (χ3n) is 2.87. The maximum absolute atomic E-state index is 2.57. The van der Waals surface area contributed by atoms with Gasteiger partial charge in [0, 0.05) is 19.6 Å². The summed E-state index contributed by atoms with van der Waals surface area (Å²) in [7, 11) is 2.39. The maximum atomic E-state index is 2.57. The molecule has 9 heavy (non-hydrogen) atoms. The Morgan fingerprint density at radius 3 is 1.67 bits per heavy atom. The number of hydrogen-bond donors (Lipinski definition) is 0. The second-order valence-electron chi connectivity index (χ2n) is 3.63. The summed E-state index contributed by atoms with van der Waals surface area (Å²) in [5, 5.41) is 0. The van der Waals surface area contributed by atoms with E-state index in [1.54, 1.807) is 0 Å². The monoisotopic (exact) mass is 127 g/mol. The van der Waals surface area contributed by atoms with E-state index in [1.165, 1.54) is 43.8 Å². The van der Waals surface area contributed by atoms with Gasteiger partial charge in [-0.2, -0.15) is 0 Å². The molecule has 0 unspecified atom stereocenters. The minimum Gasteiger partial charge on any atom is -0.323 e. The fourth-order valence-electron chi connectivity index (χ4n) is 1.82. The van der Waals surface area contributed by atoms with Crippen molar-refractivity contribution in [1.82, 2.24) is 4.90 Å². The normalized spacial score (nSPS) is 49.7. The van der Waals surface area contributed by atoms with Gasteiger partial charge in [-0.25, -0.2) is 0 Å². The van der Waals surface area contributed by atoms with E-state index in [9.17, 15) is 0 Å². The summed E-state index contributed by atoms with van der Waals surface area (Å²) in [6.45, 7) is 8.20. The van der Waals surface area contributed by atoms with E-state index >= 15 is 0 Å². The van der Waals surface area contributed by atoms with Gasteiger partial charge in [-0.3, -0.25) is 4.90 Å². The molecule has 2 heteroatoms. The molecule has 0 saturated carbocycles. The van der Waals surface area contributed by atoms with E-state index in [0.717, 1.165) is 0 Å². The third kappa shape index (κ3) is 0.864. The molecular formula is C7H15N2+. The van der Waals surface area contributed by atoms with Gasteiger partial charge in [-0.15, -0.1) is 0 Å². The van der Waals surface area contributed by atoms with E-state index in [4.69, 9.17) is 0 Å². The van der Waals surface area contributed by atoms with Crippen LogP contribution in [0, 0.1) is 0 Å². The van der Waals surface area contributed by atoms with Gasteiger partial charge in [-0.1, -0.05) is 0 Å². The van der Waals surface area contributed by atoms with Crippen molar-refractivity contribution in [3.8, 4) is 0 Å². The van der Waals surface area contributed by atoms with Crippen molar-refractivity contribution in [2.24, 2.45) is 0 Å². The Kier molecular flexibility index (Phi) is 1.08. The molecule has 52 valence electrons. The quantitative estimate of drug-likeness (QED) is 0.406. The molecule has 3 rings (SSSR count). The first-order valence-corrected chi connectivity index (χ1v) is 3.84. The van der Waals surface area contributed by atoms with E-state index in [0.29, 0.717) is 0 Å². The van der Waals surface area contributed by atoms with Crippen molar-refractivity contribution >= 4 is 0 Å². The smallest absolute Gasteiger partial charge is 0.0914 e. The van der Waals surface area contributed by atoms with Crippen molar-refractivity contribution in [2.45, 2.75) is 0 Å². The van der Waals surface area contributed by atoms with Crippen LogP contribution in [0.15, 0.2) is 0 Å². The van der Waals surface area contributed by atoms with Crippen molar-refractivity contribution in [2.75, 3.05) is 46.3 Å². The van der Waals surface area contributed by atoms with Gasteiger partial charge in [0.15, 0.2) is 0 Å². The number of likely N-dealkylation sites (N-methyl/N-ethyl adjacent to an activating group) is 1. The highest BCUT2D eigenvalue weighted by molar-refractivity contribution is 4.68. The molecule has 3 aliphatic heterocycles. The third-order valence-corrected chi connectivity index (χ3v) is 2.87. The molecule has 0 aromatic heterocycles. The van der Waals surface area contributed by atoms with Crippen LogP contribution in [0.3, 0.4) is 0 Å². The molecule has 0 aromatic rings. The number of rotatable bonds is 0. The molecule has 3 aliphatic rings. The van der Waals surface area contributed by atoms with Crippen LogP contribution in [-0.4, -0.2) is 55.7 Å². The largest absolute Gasteiger partial charge is 0.323 e. The Bertz CT molecular complexity index is 100. The van der Waals surface area contributed by atoms with Gasteiger partial charge in [0.2, 0.25) is 0 Å². The predicted octanol–water partition coefficient (Wildman–Crippen LogP) is -0.238. The zero-order valence-electron chi connectivity index (χ0n) is 6.14. The molecule has 3 fully saturated rings. The van der Waals surface area contributed by atoms with Crippen LogP contribution in [0.5, 0.6) is 0 Å². The van der Waals surface area contributed by atoms with Crippen LogP contribution >= 0.6 is 0 Å². The highest BCUT2D eigenvalue weighted by Gasteiger charge is 2.33. The van der Waals surface area contributed by atoms with E-state index in [1.807, 2.05) is 0 Å². The molecular weight excluding hydrogens is 112 g/mol. The average molecular weight is 127 g/mol. The van der Waals surface area contributed by atoms with Gasteiger partial charge in [0.1, 0.15) is 0 Å². The topological polar surface area (TPSA) is 3.24 Å². The predicted molar refractivity (Wildman–Crippen MR) is 37.2 cm³/mol. The highest BCUT2D eigenvalue weighted by Crippen LogP contribution is 2.15. The Morgan fingerprint density at radius 1 is 1.00 bits per heavy atom. The van der Waals surface area contributed by atoms with Crippen LogP contribution < -0.4 is 0 Å². The summed E-state index contributed by atoms with van der Waals surface area (Å²) in [5.74, 6) is 0. The van der Waals surface area contributed by atoms with Crippen LogP contribution in [0.25, 0.3) is 0 Å². The van der Waals surface area contributed by atoms with E-state index in [2.05, 4.69) is 11.9 Å². The van der Waals surface area contributed by atoms with Gasteiger partial charge in [0.05, 0.1) is 26.7 Å². The second kappa shape index (κ2) is 1.70. The number of hydrogen-bond acceptors (Lipinski definition) is 1. The Hall–Kier alpha value is -0.0800. The first-order valence-electron chi connectivity index (χ1n) is 3.84. The lowest BCUT2D eigenvalue weighted by atomic mass is 10.2. The van der Waals surface area contributed by atoms with Gasteiger partial charge < -0.3 is 4.48 Å². The van der Waals surface area contributed by atoms with E-state index in [-0.39, 0.29) is 0 Å². The summed E-state index contributed by atoms with van der Waals surface area (Å²) >= 11 is 0. The summed E-state index contributed by atoms with van der Waals surface area (Å²) < 4.78 is 1.34. The summed E-state index contributed by atoms with van der Waals surface area (Å²) in [5.41, 5.74) is 0. The summed E-state index contributed by atoms with van der Waals surface area (Å²) in [4.78, 5) is 2.57. The maximum Gasteiger partial charge on any atom is 0.0914 e. The summed E-state index contributed by atoms with van der Waals surface area (Å²) in [6, 6.07) is 0. The lowest BCUT2D eigenvalue weighted by Gasteiger charge is -2.48. The molecule has 0 spiro atoms. The molecule has 3 saturated heterocycles. The molecule has 0 N–H and O–H groups in total. The number of quaternary nitrogens is 1. The SMILES string of the molecule is C[N+]12CCN(CC1)CC2. The standard InChI is InChI=1S/C7H15N2/c1-9-5-2-8(3-6-9)4-7-9/h2-7H2,1H3/q+1. The summed E-state index contributed by atoms with van der Waals surface area (Å²) in [6.07, 6.45) is 0. The average Bonchev–Trinajstić information content (AvgIpc) is 1.90. The van der Waals surface area contributed by atoms with Crippen molar-refractivity contribution < 1.29 is 4.48 Å². The minimum atomic E-state index is 1.34. The van der Waals surface area contributed by atoms with Crippen molar-refractivity contribution in [3.05, 3.63) is 0 Å². The van der Waals surface area contributed by atoms with Crippen molar-refractivity contribution in [1.29, 1.82) is 0 Å². The zero-order chi connectivity index (χ0) is 6.32. The fourth-order valence-corrected chi connectivity index (χ4v) is 1.82. The van der Waals surface area contributed by atoms with Crippen LogP contribution in [-0.2, 0) is 0 Å². The van der Waals surface area contributed by atoms with Crippen molar-refractivity contribution in [3.63, 3.8) is 0 Å². The minimum absolute atomic E-state index is 1.34. The first-order chi connectivity index (χ1) is 4.29. The molecule has 0 aromatic carbocycles. The fraction of sp³-hybridized carbons (Fsp3) is 1.00. The number of piperazine rings is 3. The van der Waals surface area contributed by atoms with Gasteiger partial charge >= 0.3 is 0 Å². The number of fused-ring (bicyclic) bond motifs is 3. The van der Waals surface area contributed by atoms with Gasteiger partial charge in [0.25, 0.3) is 0 Å². The van der Waals surface area contributed by atoms with Gasteiger partial charge in [-0.05, 0) is 0 Å². The molecule has 3 heterocycles. The molecule has 2 nitrogen and oxygen atoms in total. The van der Waals surface area contributed by atoms with Crippen LogP contribution in [0.1, 0.15) is 0 Å². The highest BCUT2D eigenvalue weighted by atomic mass is 15.4. The molecule has 0 radical (unpaired) electrons. The van der Waals surface area contributed by atoms with Crippen LogP contribution in [0.4, 0.5) is 0 Å².